The third kappa shape index (κ3) is 3.88. The smallest absolute Gasteiger partial charge is 0.346 e. The summed E-state index contributed by atoms with van der Waals surface area (Å²) < 4.78 is 17.1. The number of hydrogen-bond acceptors (Lipinski definition) is 7. The number of hydrogen-bond donors (Lipinski definition) is 5. The lowest BCUT2D eigenvalue weighted by Gasteiger charge is -2.21. The molecule has 0 aliphatic heterocycles. The Balaban J connectivity index is 2.21. The van der Waals surface area contributed by atoms with Gasteiger partial charge in [0.25, 0.3) is 5.69 Å². The van der Waals surface area contributed by atoms with Gasteiger partial charge in [0.05, 0.1) is 28.8 Å². The highest BCUT2D eigenvalue weighted by atomic mass is 31.2. The highest BCUT2D eigenvalue weighted by Crippen LogP contribution is 2.51. The van der Waals surface area contributed by atoms with Crippen molar-refractivity contribution in [1.82, 2.24) is 15.3 Å². The molecule has 5 N–H and O–H groups in total. The number of aromatic nitrogens is 2. The van der Waals surface area contributed by atoms with E-state index in [1.54, 1.807) is 12.1 Å². The van der Waals surface area contributed by atoms with Gasteiger partial charge in [-0.05, 0) is 12.1 Å². The molecule has 0 radical (unpaired) electrons. The number of rotatable bonds is 6. The van der Waals surface area contributed by atoms with Crippen LogP contribution >= 0.6 is 7.60 Å². The molecule has 0 saturated carbocycles. The summed E-state index contributed by atoms with van der Waals surface area (Å²) >= 11 is 0. The van der Waals surface area contributed by atoms with E-state index in [2.05, 4.69) is 15.3 Å². The largest absolute Gasteiger partial charge is 0.468 e. The Labute approximate surface area is 149 Å². The fraction of sp³-hybridized carbons (Fsp3) is 0.143. The van der Waals surface area contributed by atoms with E-state index in [-0.39, 0.29) is 23.1 Å². The van der Waals surface area contributed by atoms with Crippen molar-refractivity contribution in [2.24, 2.45) is 0 Å². The van der Waals surface area contributed by atoms with Crippen molar-refractivity contribution < 1.29 is 23.7 Å². The number of nitrogens with one attached hydrogen (secondary N) is 3. The van der Waals surface area contributed by atoms with Crippen LogP contribution in [0.4, 0.5) is 5.69 Å². The van der Waals surface area contributed by atoms with Crippen LogP contribution in [-0.4, -0.2) is 24.7 Å². The first kappa shape index (κ1) is 18.7. The molecule has 0 aliphatic rings. The second kappa shape index (κ2) is 6.93. The van der Waals surface area contributed by atoms with Gasteiger partial charge in [-0.1, -0.05) is 0 Å². The van der Waals surface area contributed by atoms with Crippen molar-refractivity contribution in [2.45, 2.75) is 12.3 Å². The van der Waals surface area contributed by atoms with Crippen molar-refractivity contribution in [3.8, 4) is 0 Å². The summed E-state index contributed by atoms with van der Waals surface area (Å²) in [4.78, 5) is 57.5. The Hall–Kier alpha value is -3.05. The average Bonchev–Trinajstić information content (AvgIpc) is 3.08. The zero-order chi connectivity index (χ0) is 19.8. The minimum absolute atomic E-state index is 0.0967. The van der Waals surface area contributed by atoms with Gasteiger partial charge in [-0.15, -0.1) is 0 Å². The maximum absolute atomic E-state index is 12.0. The average molecular weight is 396 g/mol. The van der Waals surface area contributed by atoms with E-state index in [0.717, 1.165) is 12.1 Å². The van der Waals surface area contributed by atoms with Crippen molar-refractivity contribution in [2.75, 3.05) is 0 Å². The van der Waals surface area contributed by atoms with Gasteiger partial charge < -0.3 is 24.2 Å². The van der Waals surface area contributed by atoms with Crippen LogP contribution in [0.15, 0.2) is 44.5 Å². The van der Waals surface area contributed by atoms with Crippen LogP contribution < -0.4 is 16.4 Å². The second-order valence-corrected chi connectivity index (χ2v) is 7.27. The lowest BCUT2D eigenvalue weighted by atomic mass is 10.1. The van der Waals surface area contributed by atoms with Crippen molar-refractivity contribution >= 4 is 24.3 Å². The first-order valence-electron chi connectivity index (χ1n) is 7.42. The fourth-order valence-corrected chi connectivity index (χ4v) is 3.47. The first-order valence-corrected chi connectivity index (χ1v) is 9.10. The lowest BCUT2D eigenvalue weighted by molar-refractivity contribution is -0.384. The number of non-ortho nitro benzene ring substituents is 1. The molecule has 0 aliphatic carbocycles. The molecule has 1 atom stereocenters. The van der Waals surface area contributed by atoms with Crippen LogP contribution in [-0.2, 0) is 11.1 Å². The summed E-state index contributed by atoms with van der Waals surface area (Å²) in [6, 6.07) is 5.05. The van der Waals surface area contributed by atoms with Gasteiger partial charge in [0.2, 0.25) is 0 Å². The Morgan fingerprint density at radius 3 is 2.56 bits per heavy atom. The number of fused-ring (bicyclic) bond motifs is 1. The van der Waals surface area contributed by atoms with E-state index in [1.165, 1.54) is 6.26 Å². The van der Waals surface area contributed by atoms with Crippen LogP contribution in [0.5, 0.6) is 0 Å². The van der Waals surface area contributed by atoms with Gasteiger partial charge in [-0.25, -0.2) is 0 Å². The van der Waals surface area contributed by atoms with Gasteiger partial charge in [0, 0.05) is 17.7 Å². The predicted octanol–water partition coefficient (Wildman–Crippen LogP) is 0.684. The molecule has 142 valence electrons. The normalized spacial score (nSPS) is 13.0. The number of nitrogens with zero attached hydrogens (tertiary/aromatic N) is 1. The third-order valence-corrected chi connectivity index (χ3v) is 4.87. The fourth-order valence-electron chi connectivity index (χ4n) is 2.58. The molecular weight excluding hydrogens is 383 g/mol. The summed E-state index contributed by atoms with van der Waals surface area (Å²) in [6.07, 6.45) is 1.37. The van der Waals surface area contributed by atoms with Crippen LogP contribution in [0.1, 0.15) is 17.1 Å². The molecule has 0 bridgehead atoms. The van der Waals surface area contributed by atoms with Gasteiger partial charge in [0.1, 0.15) is 11.5 Å². The van der Waals surface area contributed by atoms with E-state index in [9.17, 15) is 34.1 Å². The summed E-state index contributed by atoms with van der Waals surface area (Å²) in [5.41, 5.74) is -3.14. The minimum Gasteiger partial charge on any atom is -0.468 e. The van der Waals surface area contributed by atoms with E-state index in [4.69, 9.17) is 4.42 Å². The quantitative estimate of drug-likeness (QED) is 0.172. The van der Waals surface area contributed by atoms with E-state index < -0.39 is 35.1 Å². The molecule has 12 nitrogen and oxygen atoms in total. The Kier molecular flexibility index (Phi) is 4.81. The van der Waals surface area contributed by atoms with E-state index >= 15 is 0 Å². The predicted molar refractivity (Wildman–Crippen MR) is 92.2 cm³/mol. The monoisotopic (exact) mass is 396 g/mol. The van der Waals surface area contributed by atoms with Crippen LogP contribution in [0, 0.1) is 10.1 Å². The van der Waals surface area contributed by atoms with Crippen molar-refractivity contribution in [3.05, 3.63) is 72.7 Å². The summed E-state index contributed by atoms with van der Waals surface area (Å²) in [6.45, 7) is -0.0967. The minimum atomic E-state index is -4.89. The van der Waals surface area contributed by atoms with E-state index in [1.807, 2.05) is 0 Å². The highest BCUT2D eigenvalue weighted by molar-refractivity contribution is 7.52. The lowest BCUT2D eigenvalue weighted by Crippen LogP contribution is -2.30. The van der Waals surface area contributed by atoms with E-state index in [0.29, 0.717) is 5.76 Å². The summed E-state index contributed by atoms with van der Waals surface area (Å²) in [7, 11) is -4.89. The SMILES string of the molecule is O=c1[nH]c2cc([N+](=O)[O-])cc(C(NCc3ccco3)P(=O)(O)O)c2[nH]c1=O. The summed E-state index contributed by atoms with van der Waals surface area (Å²) in [5, 5.41) is 13.8. The van der Waals surface area contributed by atoms with Crippen LogP contribution in [0.3, 0.4) is 0 Å². The first-order chi connectivity index (χ1) is 12.7. The van der Waals surface area contributed by atoms with Gasteiger partial charge >= 0.3 is 18.7 Å². The molecular formula is C14H13N4O8P. The molecule has 1 aromatic carbocycles. The molecule has 0 fully saturated rings. The van der Waals surface area contributed by atoms with Crippen molar-refractivity contribution in [1.29, 1.82) is 0 Å². The zero-order valence-electron chi connectivity index (χ0n) is 13.4. The number of H-pyrrole nitrogens is 2. The maximum atomic E-state index is 12.0. The number of aromatic amines is 2. The van der Waals surface area contributed by atoms with Crippen molar-refractivity contribution in [3.63, 3.8) is 0 Å². The number of nitro groups is 1. The number of benzene rings is 1. The Morgan fingerprint density at radius 2 is 1.96 bits per heavy atom. The molecule has 0 amide bonds. The zero-order valence-corrected chi connectivity index (χ0v) is 14.3. The molecule has 1 unspecified atom stereocenters. The Bertz CT molecular complexity index is 1160. The molecule has 3 rings (SSSR count). The molecule has 27 heavy (non-hydrogen) atoms. The highest BCUT2D eigenvalue weighted by Gasteiger charge is 2.33. The van der Waals surface area contributed by atoms with Gasteiger partial charge in [-0.2, -0.15) is 0 Å². The van der Waals surface area contributed by atoms with Gasteiger partial charge in [0.15, 0.2) is 0 Å². The molecule has 0 spiro atoms. The molecule has 2 heterocycles. The maximum Gasteiger partial charge on any atom is 0.346 e. The molecule has 13 heteroatoms. The molecule has 3 aromatic rings. The Morgan fingerprint density at radius 1 is 1.26 bits per heavy atom. The standard InChI is InChI=1S/C14H13N4O8P/c19-12-13(20)17-11-9(4-7(18(21)22)5-10(11)16-12)14(27(23,24)25)15-6-8-2-1-3-26-8/h1-5,14-15H,6H2,(H,16,19)(H,17,20)(H2,23,24,25). The third-order valence-electron chi connectivity index (χ3n) is 3.74. The van der Waals surface area contributed by atoms with Crippen LogP contribution in [0.2, 0.25) is 0 Å². The second-order valence-electron chi connectivity index (χ2n) is 5.57. The van der Waals surface area contributed by atoms with Gasteiger partial charge in [-0.3, -0.25) is 29.6 Å². The van der Waals surface area contributed by atoms with Crippen LogP contribution in [0.25, 0.3) is 11.0 Å². The number of furan rings is 1. The molecule has 2 aromatic heterocycles. The number of nitro benzene ring substituents is 1. The topological polar surface area (TPSA) is 192 Å². The molecule has 0 saturated heterocycles. The summed E-state index contributed by atoms with van der Waals surface area (Å²) in [5.74, 6) is -1.34.